The van der Waals surface area contributed by atoms with E-state index < -0.39 is 5.54 Å². The highest BCUT2D eigenvalue weighted by Gasteiger charge is 2.56. The van der Waals surface area contributed by atoms with Gasteiger partial charge in [0.1, 0.15) is 5.54 Å². The molecule has 3 rings (SSSR count). The fourth-order valence-electron chi connectivity index (χ4n) is 3.93. The predicted molar refractivity (Wildman–Crippen MR) is 89.8 cm³/mol. The minimum absolute atomic E-state index is 0.0298. The van der Waals surface area contributed by atoms with Crippen LogP contribution in [0.1, 0.15) is 57.4 Å². The van der Waals surface area contributed by atoms with Crippen LogP contribution in [0.25, 0.3) is 0 Å². The van der Waals surface area contributed by atoms with E-state index in [1.807, 2.05) is 35.2 Å². The second kappa shape index (κ2) is 6.73. The summed E-state index contributed by atoms with van der Waals surface area (Å²) in [5, 5.41) is 0. The Labute approximate surface area is 138 Å². The molecule has 1 aliphatic carbocycles. The van der Waals surface area contributed by atoms with E-state index in [0.717, 1.165) is 44.1 Å². The Hall–Kier alpha value is -1.84. The molecule has 3 amide bonds. The van der Waals surface area contributed by atoms with Crippen LogP contribution in [0.5, 0.6) is 0 Å². The Balaban J connectivity index is 1.86. The molecule has 4 heteroatoms. The minimum atomic E-state index is -0.556. The van der Waals surface area contributed by atoms with Gasteiger partial charge in [-0.3, -0.25) is 9.69 Å². The third-order valence-corrected chi connectivity index (χ3v) is 5.22. The van der Waals surface area contributed by atoms with Crippen LogP contribution < -0.4 is 0 Å². The fraction of sp³-hybridized carbons (Fsp3) is 0.579. The van der Waals surface area contributed by atoms with Crippen LogP contribution in [-0.2, 0) is 11.3 Å². The quantitative estimate of drug-likeness (QED) is 0.772. The maximum atomic E-state index is 13.1. The molecule has 0 bridgehead atoms. The average molecular weight is 314 g/mol. The van der Waals surface area contributed by atoms with Crippen molar-refractivity contribution in [1.29, 1.82) is 0 Å². The van der Waals surface area contributed by atoms with Gasteiger partial charge in [-0.25, -0.2) is 4.79 Å². The zero-order chi connectivity index (χ0) is 16.3. The lowest BCUT2D eigenvalue weighted by molar-refractivity contribution is -0.135. The lowest BCUT2D eigenvalue weighted by Crippen LogP contribution is -2.51. The number of urea groups is 1. The number of amides is 3. The lowest BCUT2D eigenvalue weighted by Gasteiger charge is -2.38. The summed E-state index contributed by atoms with van der Waals surface area (Å²) in [6.07, 6.45) is 6.90. The molecule has 2 fully saturated rings. The van der Waals surface area contributed by atoms with Crippen LogP contribution in [0.4, 0.5) is 4.79 Å². The second-order valence-electron chi connectivity index (χ2n) is 6.76. The van der Waals surface area contributed by atoms with E-state index in [4.69, 9.17) is 0 Å². The van der Waals surface area contributed by atoms with Gasteiger partial charge in [0.05, 0.1) is 6.54 Å². The first-order chi connectivity index (χ1) is 11.2. The van der Waals surface area contributed by atoms with Crippen LogP contribution in [-0.4, -0.2) is 33.8 Å². The molecule has 0 unspecified atom stereocenters. The maximum Gasteiger partial charge on any atom is 0.327 e. The van der Waals surface area contributed by atoms with Crippen LogP contribution >= 0.6 is 0 Å². The monoisotopic (exact) mass is 314 g/mol. The Morgan fingerprint density at radius 2 is 1.74 bits per heavy atom. The number of hydrogen-bond donors (Lipinski definition) is 0. The van der Waals surface area contributed by atoms with E-state index in [2.05, 4.69) is 6.92 Å². The van der Waals surface area contributed by atoms with Crippen molar-refractivity contribution in [3.63, 3.8) is 0 Å². The predicted octanol–water partition coefficient (Wildman–Crippen LogP) is 3.95. The van der Waals surface area contributed by atoms with Crippen molar-refractivity contribution in [1.82, 2.24) is 9.80 Å². The third kappa shape index (κ3) is 2.87. The number of carbonyl (C=O) groups is 2. The SMILES string of the molecule is CCCCN1C(=O)N(Cc2ccccc2)C(=O)C12CCCCC2. The molecule has 124 valence electrons. The van der Waals surface area contributed by atoms with Gasteiger partial charge in [0.25, 0.3) is 5.91 Å². The first-order valence-electron chi connectivity index (χ1n) is 8.86. The van der Waals surface area contributed by atoms with Gasteiger partial charge >= 0.3 is 6.03 Å². The van der Waals surface area contributed by atoms with Gasteiger partial charge in [-0.15, -0.1) is 0 Å². The fourth-order valence-corrected chi connectivity index (χ4v) is 3.93. The first kappa shape index (κ1) is 16.0. The number of hydrogen-bond acceptors (Lipinski definition) is 2. The van der Waals surface area contributed by atoms with Crippen molar-refractivity contribution in [2.75, 3.05) is 6.54 Å². The van der Waals surface area contributed by atoms with Crippen molar-refractivity contribution in [2.45, 2.75) is 64.0 Å². The van der Waals surface area contributed by atoms with Gasteiger partial charge in [0.2, 0.25) is 0 Å². The molecule has 1 spiro atoms. The van der Waals surface area contributed by atoms with Crippen molar-refractivity contribution in [3.05, 3.63) is 35.9 Å². The zero-order valence-electron chi connectivity index (χ0n) is 14.0. The highest BCUT2D eigenvalue weighted by Crippen LogP contribution is 2.41. The highest BCUT2D eigenvalue weighted by atomic mass is 16.2. The molecular weight excluding hydrogens is 288 g/mol. The van der Waals surface area contributed by atoms with E-state index in [-0.39, 0.29) is 11.9 Å². The number of carbonyl (C=O) groups excluding carboxylic acids is 2. The van der Waals surface area contributed by atoms with E-state index in [1.54, 1.807) is 0 Å². The van der Waals surface area contributed by atoms with Gasteiger partial charge in [-0.2, -0.15) is 0 Å². The molecule has 0 N–H and O–H groups in total. The molecule has 23 heavy (non-hydrogen) atoms. The Morgan fingerprint density at radius 1 is 1.04 bits per heavy atom. The van der Waals surface area contributed by atoms with Crippen molar-refractivity contribution < 1.29 is 9.59 Å². The number of imide groups is 1. The molecule has 0 aromatic heterocycles. The van der Waals surface area contributed by atoms with Crippen molar-refractivity contribution >= 4 is 11.9 Å². The summed E-state index contributed by atoms with van der Waals surface area (Å²) in [7, 11) is 0. The summed E-state index contributed by atoms with van der Waals surface area (Å²) in [5.41, 5.74) is 0.455. The largest absolute Gasteiger partial charge is 0.327 e. The van der Waals surface area contributed by atoms with E-state index in [9.17, 15) is 9.59 Å². The van der Waals surface area contributed by atoms with Crippen LogP contribution in [0.3, 0.4) is 0 Å². The molecule has 1 saturated heterocycles. The topological polar surface area (TPSA) is 40.6 Å². The smallest absolute Gasteiger partial charge is 0.310 e. The normalized spacial score (nSPS) is 20.6. The molecule has 1 aromatic rings. The van der Waals surface area contributed by atoms with Gasteiger partial charge in [-0.05, 0) is 24.8 Å². The maximum absolute atomic E-state index is 13.1. The van der Waals surface area contributed by atoms with Crippen LogP contribution in [0.2, 0.25) is 0 Å². The van der Waals surface area contributed by atoms with Gasteiger partial charge in [0.15, 0.2) is 0 Å². The summed E-state index contributed by atoms with van der Waals surface area (Å²) in [6.45, 7) is 3.22. The van der Waals surface area contributed by atoms with E-state index in [0.29, 0.717) is 13.1 Å². The summed E-state index contributed by atoms with van der Waals surface area (Å²) >= 11 is 0. The molecule has 1 heterocycles. The molecule has 4 nitrogen and oxygen atoms in total. The number of unbranched alkanes of at least 4 members (excludes halogenated alkanes) is 1. The molecule has 2 aliphatic rings. The Morgan fingerprint density at radius 3 is 2.39 bits per heavy atom. The average Bonchev–Trinajstić information content (AvgIpc) is 2.77. The summed E-state index contributed by atoms with van der Waals surface area (Å²) in [4.78, 5) is 29.4. The summed E-state index contributed by atoms with van der Waals surface area (Å²) in [6, 6.07) is 9.71. The summed E-state index contributed by atoms with van der Waals surface area (Å²) < 4.78 is 0. The summed E-state index contributed by atoms with van der Waals surface area (Å²) in [5.74, 6) is 0.0298. The molecule has 1 aromatic carbocycles. The molecule has 0 radical (unpaired) electrons. The standard InChI is InChI=1S/C19H26N2O2/c1-2-3-14-21-18(23)20(15-16-10-6-4-7-11-16)17(22)19(21)12-8-5-9-13-19/h4,6-7,10-11H,2-3,5,8-9,12-15H2,1H3. The van der Waals surface area contributed by atoms with Gasteiger partial charge < -0.3 is 4.90 Å². The highest BCUT2D eigenvalue weighted by molar-refractivity contribution is 6.07. The van der Waals surface area contributed by atoms with E-state index in [1.165, 1.54) is 11.3 Å². The van der Waals surface area contributed by atoms with Crippen molar-refractivity contribution in [3.8, 4) is 0 Å². The first-order valence-corrected chi connectivity index (χ1v) is 8.86. The van der Waals surface area contributed by atoms with Gasteiger partial charge in [-0.1, -0.05) is 62.9 Å². The Kier molecular flexibility index (Phi) is 4.69. The lowest BCUT2D eigenvalue weighted by atomic mass is 9.80. The van der Waals surface area contributed by atoms with Crippen molar-refractivity contribution in [2.24, 2.45) is 0 Å². The van der Waals surface area contributed by atoms with E-state index >= 15 is 0 Å². The zero-order valence-corrected chi connectivity index (χ0v) is 14.0. The minimum Gasteiger partial charge on any atom is -0.310 e. The van der Waals surface area contributed by atoms with Crippen LogP contribution in [0.15, 0.2) is 30.3 Å². The van der Waals surface area contributed by atoms with Gasteiger partial charge in [0, 0.05) is 6.54 Å². The number of benzene rings is 1. The second-order valence-corrected chi connectivity index (χ2v) is 6.76. The number of nitrogens with zero attached hydrogens (tertiary/aromatic N) is 2. The molecule has 0 atom stereocenters. The molecule has 1 saturated carbocycles. The van der Waals surface area contributed by atoms with Crippen LogP contribution in [0, 0.1) is 0 Å². The molecule has 1 aliphatic heterocycles. The Bertz CT molecular complexity index is 564. The molecular formula is C19H26N2O2. The third-order valence-electron chi connectivity index (χ3n) is 5.22. The number of rotatable bonds is 5.